The Balaban J connectivity index is 2.23. The van der Waals surface area contributed by atoms with Crippen molar-refractivity contribution in [1.82, 2.24) is 9.55 Å². The van der Waals surface area contributed by atoms with E-state index in [2.05, 4.69) is 10.3 Å². The quantitative estimate of drug-likeness (QED) is 0.911. The second-order valence-corrected chi connectivity index (χ2v) is 4.31. The lowest BCUT2D eigenvalue weighted by Crippen LogP contribution is -2.15. The molecular formula is C11H9Cl2N3O. The zero-order valence-electron chi connectivity index (χ0n) is 8.95. The van der Waals surface area contributed by atoms with Gasteiger partial charge in [-0.15, -0.1) is 0 Å². The van der Waals surface area contributed by atoms with E-state index in [9.17, 15) is 4.79 Å². The number of amides is 1. The van der Waals surface area contributed by atoms with Crippen LogP contribution < -0.4 is 5.32 Å². The standard InChI is InChI=1S/C11H9Cl2N3O/c1-16-6-7(12)4-10(16)11(17)15-9-5-14-3-2-8(9)13/h2-6H,1H3,(H,15,17). The predicted molar refractivity (Wildman–Crippen MR) is 67.6 cm³/mol. The SMILES string of the molecule is Cn1cc(Cl)cc1C(=O)Nc1cnccc1Cl. The van der Waals surface area contributed by atoms with Crippen LogP contribution in [0.25, 0.3) is 0 Å². The lowest BCUT2D eigenvalue weighted by atomic mass is 10.3. The van der Waals surface area contributed by atoms with Crippen molar-refractivity contribution in [2.75, 3.05) is 5.32 Å². The van der Waals surface area contributed by atoms with Crippen LogP contribution in [-0.2, 0) is 7.05 Å². The fraction of sp³-hybridized carbons (Fsp3) is 0.0909. The molecule has 17 heavy (non-hydrogen) atoms. The van der Waals surface area contributed by atoms with Gasteiger partial charge in [0.25, 0.3) is 5.91 Å². The fourth-order valence-electron chi connectivity index (χ4n) is 1.41. The van der Waals surface area contributed by atoms with Crippen LogP contribution >= 0.6 is 23.2 Å². The number of nitrogens with one attached hydrogen (secondary N) is 1. The van der Waals surface area contributed by atoms with E-state index >= 15 is 0 Å². The molecule has 0 fully saturated rings. The highest BCUT2D eigenvalue weighted by atomic mass is 35.5. The maximum Gasteiger partial charge on any atom is 0.272 e. The van der Waals surface area contributed by atoms with Crippen molar-refractivity contribution in [3.63, 3.8) is 0 Å². The molecule has 88 valence electrons. The summed E-state index contributed by atoms with van der Waals surface area (Å²) in [6.45, 7) is 0. The molecule has 0 aromatic carbocycles. The second-order valence-electron chi connectivity index (χ2n) is 3.46. The minimum Gasteiger partial charge on any atom is -0.345 e. The van der Waals surface area contributed by atoms with Gasteiger partial charge in [-0.05, 0) is 12.1 Å². The minimum absolute atomic E-state index is 0.283. The van der Waals surface area contributed by atoms with Crippen LogP contribution in [-0.4, -0.2) is 15.5 Å². The van der Waals surface area contributed by atoms with Crippen LogP contribution in [0.4, 0.5) is 5.69 Å². The molecule has 0 unspecified atom stereocenters. The van der Waals surface area contributed by atoms with Gasteiger partial charge in [-0.25, -0.2) is 0 Å². The first kappa shape index (κ1) is 12.0. The summed E-state index contributed by atoms with van der Waals surface area (Å²) in [5, 5.41) is 3.62. The zero-order valence-corrected chi connectivity index (χ0v) is 10.5. The van der Waals surface area contributed by atoms with Crippen LogP contribution in [0.2, 0.25) is 10.0 Å². The van der Waals surface area contributed by atoms with Crippen LogP contribution in [0.1, 0.15) is 10.5 Å². The number of rotatable bonds is 2. The number of aromatic nitrogens is 2. The second kappa shape index (κ2) is 4.77. The van der Waals surface area contributed by atoms with Crippen molar-refractivity contribution in [2.45, 2.75) is 0 Å². The molecule has 0 aliphatic rings. The van der Waals surface area contributed by atoms with E-state index in [0.717, 1.165) is 0 Å². The minimum atomic E-state index is -0.283. The van der Waals surface area contributed by atoms with Crippen LogP contribution in [0.3, 0.4) is 0 Å². The number of halogens is 2. The van der Waals surface area contributed by atoms with Crippen LogP contribution in [0.5, 0.6) is 0 Å². The van der Waals surface area contributed by atoms with E-state index in [0.29, 0.717) is 21.4 Å². The van der Waals surface area contributed by atoms with Gasteiger partial charge in [0, 0.05) is 19.4 Å². The summed E-state index contributed by atoms with van der Waals surface area (Å²) in [5.74, 6) is -0.283. The Morgan fingerprint density at radius 3 is 2.82 bits per heavy atom. The zero-order chi connectivity index (χ0) is 12.4. The maximum absolute atomic E-state index is 11.9. The highest BCUT2D eigenvalue weighted by molar-refractivity contribution is 6.34. The van der Waals surface area contributed by atoms with Crippen molar-refractivity contribution in [3.8, 4) is 0 Å². The molecule has 0 atom stereocenters. The van der Waals surface area contributed by atoms with Crippen molar-refractivity contribution >= 4 is 34.8 Å². The van der Waals surface area contributed by atoms with Gasteiger partial charge in [-0.1, -0.05) is 23.2 Å². The summed E-state index contributed by atoms with van der Waals surface area (Å²) in [6.07, 6.45) is 4.70. The van der Waals surface area contributed by atoms with Gasteiger partial charge < -0.3 is 9.88 Å². The number of carbonyl (C=O) groups excluding carboxylic acids is 1. The summed E-state index contributed by atoms with van der Waals surface area (Å²) in [5.41, 5.74) is 0.923. The molecule has 2 aromatic heterocycles. The third-order valence-electron chi connectivity index (χ3n) is 2.22. The molecule has 0 aliphatic carbocycles. The normalized spacial score (nSPS) is 10.3. The monoisotopic (exact) mass is 269 g/mol. The molecule has 1 N–H and O–H groups in total. The number of hydrogen-bond acceptors (Lipinski definition) is 2. The average molecular weight is 270 g/mol. The van der Waals surface area contributed by atoms with E-state index in [1.807, 2.05) is 0 Å². The Hall–Kier alpha value is -1.52. The van der Waals surface area contributed by atoms with E-state index in [4.69, 9.17) is 23.2 Å². The molecule has 0 saturated carbocycles. The summed E-state index contributed by atoms with van der Waals surface area (Å²) in [6, 6.07) is 3.19. The number of aryl methyl sites for hydroxylation is 1. The first-order valence-electron chi connectivity index (χ1n) is 4.80. The summed E-state index contributed by atoms with van der Waals surface area (Å²) in [7, 11) is 1.74. The third-order valence-corrected chi connectivity index (χ3v) is 2.76. The number of hydrogen-bond donors (Lipinski definition) is 1. The van der Waals surface area contributed by atoms with Crippen molar-refractivity contribution in [3.05, 3.63) is 46.5 Å². The number of nitrogens with zero attached hydrogens (tertiary/aromatic N) is 2. The Morgan fingerprint density at radius 1 is 1.47 bits per heavy atom. The van der Waals surface area contributed by atoms with E-state index in [1.165, 1.54) is 6.20 Å². The van der Waals surface area contributed by atoms with Gasteiger partial charge in [0.1, 0.15) is 5.69 Å². The Labute approximate surface area is 108 Å². The van der Waals surface area contributed by atoms with E-state index in [1.54, 1.807) is 36.1 Å². The molecule has 2 heterocycles. The molecule has 2 rings (SSSR count). The summed E-state index contributed by atoms with van der Waals surface area (Å²) in [4.78, 5) is 15.8. The van der Waals surface area contributed by atoms with Gasteiger partial charge in [0.15, 0.2) is 0 Å². The molecule has 0 aliphatic heterocycles. The summed E-state index contributed by atoms with van der Waals surface area (Å²) >= 11 is 11.7. The molecule has 0 spiro atoms. The Morgan fingerprint density at radius 2 is 2.24 bits per heavy atom. The van der Waals surface area contributed by atoms with E-state index in [-0.39, 0.29) is 5.91 Å². The molecule has 1 amide bonds. The molecule has 0 saturated heterocycles. The topological polar surface area (TPSA) is 46.9 Å². The summed E-state index contributed by atoms with van der Waals surface area (Å²) < 4.78 is 1.64. The molecule has 0 bridgehead atoms. The maximum atomic E-state index is 11.9. The van der Waals surface area contributed by atoms with Gasteiger partial charge in [0.05, 0.1) is 21.9 Å². The van der Waals surface area contributed by atoms with Gasteiger partial charge in [-0.2, -0.15) is 0 Å². The van der Waals surface area contributed by atoms with Gasteiger partial charge >= 0.3 is 0 Å². The van der Waals surface area contributed by atoms with Crippen LogP contribution in [0.15, 0.2) is 30.7 Å². The van der Waals surface area contributed by atoms with Gasteiger partial charge in [-0.3, -0.25) is 9.78 Å². The lowest BCUT2D eigenvalue weighted by molar-refractivity contribution is 0.101. The number of pyridine rings is 1. The smallest absolute Gasteiger partial charge is 0.272 e. The largest absolute Gasteiger partial charge is 0.345 e. The fourth-order valence-corrected chi connectivity index (χ4v) is 1.81. The molecule has 6 heteroatoms. The molecule has 0 radical (unpaired) electrons. The van der Waals surface area contributed by atoms with Crippen molar-refractivity contribution in [1.29, 1.82) is 0 Å². The van der Waals surface area contributed by atoms with Crippen LogP contribution in [0, 0.1) is 0 Å². The lowest BCUT2D eigenvalue weighted by Gasteiger charge is -2.06. The number of carbonyl (C=O) groups is 1. The Kier molecular flexibility index (Phi) is 3.36. The molecule has 4 nitrogen and oxygen atoms in total. The van der Waals surface area contributed by atoms with E-state index < -0.39 is 0 Å². The molecule has 2 aromatic rings. The predicted octanol–water partition coefficient (Wildman–Crippen LogP) is 2.98. The first-order valence-corrected chi connectivity index (χ1v) is 5.56. The first-order chi connectivity index (χ1) is 8.08. The third kappa shape index (κ3) is 2.60. The van der Waals surface area contributed by atoms with Crippen molar-refractivity contribution < 1.29 is 4.79 Å². The Bertz CT molecular complexity index is 566. The molecular weight excluding hydrogens is 261 g/mol. The highest BCUT2D eigenvalue weighted by Crippen LogP contribution is 2.20. The highest BCUT2D eigenvalue weighted by Gasteiger charge is 2.12. The average Bonchev–Trinajstić information content (AvgIpc) is 2.61. The van der Waals surface area contributed by atoms with Gasteiger partial charge in [0.2, 0.25) is 0 Å². The number of anilines is 1. The van der Waals surface area contributed by atoms with Crippen molar-refractivity contribution in [2.24, 2.45) is 7.05 Å².